The largest absolute Gasteiger partial charge is 0.456 e. The first-order valence-corrected chi connectivity index (χ1v) is 9.36. The number of imide groups is 1. The van der Waals surface area contributed by atoms with E-state index in [4.69, 9.17) is 4.74 Å². The summed E-state index contributed by atoms with van der Waals surface area (Å²) in [6.07, 6.45) is 1.51. The number of carbonyl (C=O) groups is 4. The van der Waals surface area contributed by atoms with Crippen LogP contribution in [-0.4, -0.2) is 64.7 Å². The van der Waals surface area contributed by atoms with Crippen molar-refractivity contribution in [2.24, 2.45) is 5.92 Å². The summed E-state index contributed by atoms with van der Waals surface area (Å²) in [5.74, 6) is -1.95. The molecule has 0 N–H and O–H groups in total. The second-order valence-corrected chi connectivity index (χ2v) is 7.19. The van der Waals surface area contributed by atoms with Gasteiger partial charge in [0.2, 0.25) is 0 Å². The molecule has 3 rings (SSSR count). The number of rotatable bonds is 6. The lowest BCUT2D eigenvalue weighted by atomic mass is 9.99. The quantitative estimate of drug-likeness (QED) is 0.304. The summed E-state index contributed by atoms with van der Waals surface area (Å²) in [7, 11) is 0. The molecule has 3 amide bonds. The molecule has 1 aromatic rings. The maximum atomic E-state index is 12.4. The molecule has 0 bridgehead atoms. The van der Waals surface area contributed by atoms with E-state index in [2.05, 4.69) is 6.92 Å². The fraction of sp³-hybridized carbons (Fsp3) is 0.474. The molecule has 10 nitrogen and oxygen atoms in total. The number of carbonyl (C=O) groups excluding carboxylic acids is 4. The Morgan fingerprint density at radius 3 is 2.55 bits per heavy atom. The minimum absolute atomic E-state index is 0.0629. The Kier molecular flexibility index (Phi) is 5.90. The van der Waals surface area contributed by atoms with Gasteiger partial charge < -0.3 is 9.64 Å². The zero-order chi connectivity index (χ0) is 21.1. The van der Waals surface area contributed by atoms with Gasteiger partial charge in [-0.15, -0.1) is 0 Å². The first-order valence-electron chi connectivity index (χ1n) is 9.36. The van der Waals surface area contributed by atoms with Crippen LogP contribution < -0.4 is 0 Å². The lowest BCUT2D eigenvalue weighted by Crippen LogP contribution is -2.40. The van der Waals surface area contributed by atoms with Crippen molar-refractivity contribution in [2.75, 3.05) is 26.2 Å². The zero-order valence-corrected chi connectivity index (χ0v) is 16.0. The number of likely N-dealkylation sites (tertiary alicyclic amines) is 1. The van der Waals surface area contributed by atoms with Gasteiger partial charge in [0.1, 0.15) is 5.56 Å². The highest BCUT2D eigenvalue weighted by Crippen LogP contribution is 2.30. The number of esters is 1. The Morgan fingerprint density at radius 1 is 1.21 bits per heavy atom. The van der Waals surface area contributed by atoms with Gasteiger partial charge in [-0.3, -0.25) is 34.2 Å². The fourth-order valence-electron chi connectivity index (χ4n) is 3.44. The summed E-state index contributed by atoms with van der Waals surface area (Å²) in [6.45, 7) is 2.71. The van der Waals surface area contributed by atoms with E-state index < -0.39 is 28.4 Å². The van der Waals surface area contributed by atoms with E-state index in [0.29, 0.717) is 19.0 Å². The highest BCUT2D eigenvalue weighted by molar-refractivity contribution is 6.23. The third-order valence-electron chi connectivity index (χ3n) is 5.21. The summed E-state index contributed by atoms with van der Waals surface area (Å²) < 4.78 is 4.97. The number of nitro benzene ring substituents is 1. The van der Waals surface area contributed by atoms with Crippen molar-refractivity contribution in [3.8, 4) is 0 Å². The second kappa shape index (κ2) is 8.38. The van der Waals surface area contributed by atoms with Crippen LogP contribution in [0.15, 0.2) is 18.2 Å². The molecule has 0 spiro atoms. The van der Waals surface area contributed by atoms with Gasteiger partial charge in [0, 0.05) is 25.7 Å². The average molecular weight is 403 g/mol. The number of piperidine rings is 1. The molecule has 1 saturated heterocycles. The predicted octanol–water partition coefficient (Wildman–Crippen LogP) is 1.38. The predicted molar refractivity (Wildman–Crippen MR) is 99.0 cm³/mol. The number of benzene rings is 1. The summed E-state index contributed by atoms with van der Waals surface area (Å²) >= 11 is 0. The number of hydrogen-bond acceptors (Lipinski definition) is 7. The van der Waals surface area contributed by atoms with E-state index in [1.165, 1.54) is 12.1 Å². The lowest BCUT2D eigenvalue weighted by molar-refractivity contribution is -0.385. The van der Waals surface area contributed by atoms with E-state index in [9.17, 15) is 29.3 Å². The molecule has 0 aliphatic carbocycles. The number of fused-ring (bicyclic) bond motifs is 1. The Labute approximate surface area is 166 Å². The number of nitrogens with zero attached hydrogens (tertiary/aromatic N) is 3. The second-order valence-electron chi connectivity index (χ2n) is 7.19. The van der Waals surface area contributed by atoms with Crippen LogP contribution in [0.25, 0.3) is 0 Å². The third-order valence-corrected chi connectivity index (χ3v) is 5.21. The molecule has 29 heavy (non-hydrogen) atoms. The molecule has 154 valence electrons. The minimum Gasteiger partial charge on any atom is -0.456 e. The van der Waals surface area contributed by atoms with Crippen LogP contribution in [0, 0.1) is 16.0 Å². The molecular weight excluding hydrogens is 382 g/mol. The molecule has 0 saturated carbocycles. The molecule has 2 heterocycles. The van der Waals surface area contributed by atoms with Gasteiger partial charge in [-0.05, 0) is 24.8 Å². The van der Waals surface area contributed by atoms with Crippen molar-refractivity contribution in [1.82, 2.24) is 9.80 Å². The maximum Gasteiger partial charge on any atom is 0.308 e. The molecule has 0 atom stereocenters. The summed E-state index contributed by atoms with van der Waals surface area (Å²) in [4.78, 5) is 61.6. The highest BCUT2D eigenvalue weighted by Gasteiger charge is 2.40. The molecule has 2 aliphatic heterocycles. The van der Waals surface area contributed by atoms with E-state index in [-0.39, 0.29) is 36.6 Å². The lowest BCUT2D eigenvalue weighted by Gasteiger charge is -2.30. The van der Waals surface area contributed by atoms with E-state index in [1.807, 2.05) is 0 Å². The summed E-state index contributed by atoms with van der Waals surface area (Å²) in [6, 6.07) is 3.81. The van der Waals surface area contributed by atoms with E-state index in [0.717, 1.165) is 23.8 Å². The van der Waals surface area contributed by atoms with Crippen LogP contribution in [0.4, 0.5) is 5.69 Å². The average Bonchev–Trinajstić information content (AvgIpc) is 2.95. The summed E-state index contributed by atoms with van der Waals surface area (Å²) in [5.41, 5.74) is -0.787. The number of hydrogen-bond donors (Lipinski definition) is 0. The number of amides is 3. The van der Waals surface area contributed by atoms with E-state index in [1.54, 1.807) is 4.90 Å². The normalized spacial score (nSPS) is 16.7. The Balaban J connectivity index is 1.52. The molecule has 0 aromatic heterocycles. The maximum absolute atomic E-state index is 12.4. The van der Waals surface area contributed by atoms with Crippen molar-refractivity contribution in [3.05, 3.63) is 39.4 Å². The summed E-state index contributed by atoms with van der Waals surface area (Å²) in [5, 5.41) is 11.1. The van der Waals surface area contributed by atoms with Crippen LogP contribution in [0.3, 0.4) is 0 Å². The van der Waals surface area contributed by atoms with Crippen LogP contribution in [0.5, 0.6) is 0 Å². The molecule has 2 aliphatic rings. The van der Waals surface area contributed by atoms with E-state index >= 15 is 0 Å². The van der Waals surface area contributed by atoms with Gasteiger partial charge >= 0.3 is 5.97 Å². The SMILES string of the molecule is CC1CCN(C(=O)COC(=O)CCN2C(=O)c3cccc([N+](=O)[O-])c3C2=O)CC1. The van der Waals surface area contributed by atoms with Gasteiger partial charge in [-0.2, -0.15) is 0 Å². The Hall–Kier alpha value is -3.30. The molecule has 0 unspecified atom stereocenters. The van der Waals surface area contributed by atoms with Gasteiger partial charge in [-0.25, -0.2) is 0 Å². The van der Waals surface area contributed by atoms with Crippen LogP contribution in [0.1, 0.15) is 46.9 Å². The molecule has 10 heteroatoms. The van der Waals surface area contributed by atoms with Crippen molar-refractivity contribution < 1.29 is 28.8 Å². The zero-order valence-electron chi connectivity index (χ0n) is 16.0. The monoisotopic (exact) mass is 403 g/mol. The third kappa shape index (κ3) is 4.25. The van der Waals surface area contributed by atoms with Crippen LogP contribution in [0.2, 0.25) is 0 Å². The molecule has 1 aromatic carbocycles. The van der Waals surface area contributed by atoms with Crippen molar-refractivity contribution in [1.29, 1.82) is 0 Å². The standard InChI is InChI=1S/C19H21N3O7/c1-12-5-8-20(9-6-12)15(23)11-29-16(24)7-10-21-18(25)13-3-2-4-14(22(27)28)17(13)19(21)26/h2-4,12H,5-11H2,1H3. The Morgan fingerprint density at radius 2 is 1.90 bits per heavy atom. The fourth-order valence-corrected chi connectivity index (χ4v) is 3.44. The Bertz CT molecular complexity index is 875. The van der Waals surface area contributed by atoms with Gasteiger partial charge in [0.25, 0.3) is 23.4 Å². The highest BCUT2D eigenvalue weighted by atomic mass is 16.6. The van der Waals surface area contributed by atoms with Crippen molar-refractivity contribution >= 4 is 29.4 Å². The van der Waals surface area contributed by atoms with Crippen molar-refractivity contribution in [3.63, 3.8) is 0 Å². The molecule has 1 fully saturated rings. The van der Waals surface area contributed by atoms with Gasteiger partial charge in [-0.1, -0.05) is 13.0 Å². The molecular formula is C19H21N3O7. The first kappa shape index (κ1) is 20.4. The topological polar surface area (TPSA) is 127 Å². The van der Waals surface area contributed by atoms with Crippen LogP contribution >= 0.6 is 0 Å². The van der Waals surface area contributed by atoms with Gasteiger partial charge in [0.15, 0.2) is 6.61 Å². The van der Waals surface area contributed by atoms with Crippen molar-refractivity contribution in [2.45, 2.75) is 26.2 Å². The van der Waals surface area contributed by atoms with Crippen LogP contribution in [-0.2, 0) is 14.3 Å². The van der Waals surface area contributed by atoms with Gasteiger partial charge in [0.05, 0.1) is 16.9 Å². The molecule has 0 radical (unpaired) electrons. The minimum atomic E-state index is -0.816. The number of nitro groups is 1. The number of ether oxygens (including phenoxy) is 1. The smallest absolute Gasteiger partial charge is 0.308 e. The first-order chi connectivity index (χ1) is 13.8.